The van der Waals surface area contributed by atoms with Crippen LogP contribution in [0.25, 0.3) is 0 Å². The highest BCUT2D eigenvalue weighted by molar-refractivity contribution is 9.09. The Morgan fingerprint density at radius 1 is 0.929 bits per heavy atom. The number of aliphatic hydroxyl groups excluding tert-OH is 1. The lowest BCUT2D eigenvalue weighted by Gasteiger charge is -2.11. The second-order valence-electron chi connectivity index (χ2n) is 2.39. The standard InChI is InChI=1S/C8H16Br2O4/c9-1-3-12-5-6-13-7-8(11)14-4-2-10/h8,11H,1-7H2. The van der Waals surface area contributed by atoms with Crippen molar-refractivity contribution in [1.82, 2.24) is 0 Å². The molecule has 4 nitrogen and oxygen atoms in total. The summed E-state index contributed by atoms with van der Waals surface area (Å²) in [5.41, 5.74) is 0. The molecule has 1 atom stereocenters. The molecule has 0 aliphatic carbocycles. The summed E-state index contributed by atoms with van der Waals surface area (Å²) in [6.07, 6.45) is -0.844. The molecule has 0 fully saturated rings. The van der Waals surface area contributed by atoms with Gasteiger partial charge in [0.05, 0.1) is 33.0 Å². The van der Waals surface area contributed by atoms with Gasteiger partial charge in [0, 0.05) is 10.7 Å². The van der Waals surface area contributed by atoms with Crippen LogP contribution in [0.1, 0.15) is 0 Å². The van der Waals surface area contributed by atoms with Crippen molar-refractivity contribution in [2.75, 3.05) is 43.7 Å². The SMILES string of the molecule is OC(COCCOCCBr)OCCBr. The monoisotopic (exact) mass is 334 g/mol. The third-order valence-corrected chi connectivity index (χ3v) is 1.89. The molecule has 0 aromatic rings. The summed E-state index contributed by atoms with van der Waals surface area (Å²) < 4.78 is 15.2. The summed E-state index contributed by atoms with van der Waals surface area (Å²) in [5, 5.41) is 10.7. The summed E-state index contributed by atoms with van der Waals surface area (Å²) in [5.74, 6) is 0. The predicted molar refractivity (Wildman–Crippen MR) is 61.2 cm³/mol. The highest BCUT2D eigenvalue weighted by atomic mass is 79.9. The van der Waals surface area contributed by atoms with Crippen molar-refractivity contribution in [3.8, 4) is 0 Å². The van der Waals surface area contributed by atoms with Crippen LogP contribution in [-0.4, -0.2) is 55.1 Å². The van der Waals surface area contributed by atoms with Gasteiger partial charge in [-0.1, -0.05) is 31.9 Å². The maximum atomic E-state index is 9.17. The van der Waals surface area contributed by atoms with Crippen molar-refractivity contribution in [2.24, 2.45) is 0 Å². The van der Waals surface area contributed by atoms with E-state index < -0.39 is 6.29 Å². The van der Waals surface area contributed by atoms with Crippen LogP contribution in [0, 0.1) is 0 Å². The van der Waals surface area contributed by atoms with E-state index in [2.05, 4.69) is 31.9 Å². The molecule has 1 N–H and O–H groups in total. The Bertz CT molecular complexity index is 116. The van der Waals surface area contributed by atoms with Gasteiger partial charge in [-0.2, -0.15) is 0 Å². The molecule has 0 amide bonds. The highest BCUT2D eigenvalue weighted by Crippen LogP contribution is 1.91. The number of aliphatic hydroxyl groups is 1. The van der Waals surface area contributed by atoms with Crippen LogP contribution < -0.4 is 0 Å². The third kappa shape index (κ3) is 10.9. The topological polar surface area (TPSA) is 47.9 Å². The van der Waals surface area contributed by atoms with Crippen LogP contribution in [0.5, 0.6) is 0 Å². The maximum absolute atomic E-state index is 9.17. The summed E-state index contributed by atoms with van der Waals surface area (Å²) >= 11 is 6.43. The number of halogens is 2. The fourth-order valence-corrected chi connectivity index (χ4v) is 1.10. The minimum absolute atomic E-state index is 0.185. The molecule has 0 saturated heterocycles. The lowest BCUT2D eigenvalue weighted by Crippen LogP contribution is -2.21. The number of hydrogen-bond donors (Lipinski definition) is 1. The van der Waals surface area contributed by atoms with Gasteiger partial charge in [0.1, 0.15) is 0 Å². The summed E-state index contributed by atoms with van der Waals surface area (Å²) in [6, 6.07) is 0. The molecule has 6 heteroatoms. The zero-order chi connectivity index (χ0) is 10.6. The molecule has 0 aliphatic rings. The molecule has 0 rings (SSSR count). The molecule has 0 radical (unpaired) electrons. The summed E-state index contributed by atoms with van der Waals surface area (Å²) in [7, 11) is 0. The molecule has 0 heterocycles. The predicted octanol–water partition coefficient (Wildman–Crippen LogP) is 1.14. The van der Waals surface area contributed by atoms with Gasteiger partial charge in [0.25, 0.3) is 0 Å². The zero-order valence-corrected chi connectivity index (χ0v) is 11.1. The number of hydrogen-bond acceptors (Lipinski definition) is 4. The van der Waals surface area contributed by atoms with Crippen molar-refractivity contribution in [2.45, 2.75) is 6.29 Å². The molecule has 0 bridgehead atoms. The lowest BCUT2D eigenvalue weighted by molar-refractivity contribution is -0.136. The van der Waals surface area contributed by atoms with E-state index in [0.717, 1.165) is 5.33 Å². The number of alkyl halides is 2. The van der Waals surface area contributed by atoms with E-state index >= 15 is 0 Å². The normalized spacial score (nSPS) is 13.1. The fourth-order valence-electron chi connectivity index (χ4n) is 0.687. The molecule has 86 valence electrons. The Kier molecular flexibility index (Phi) is 12.6. The number of rotatable bonds is 10. The third-order valence-electron chi connectivity index (χ3n) is 1.24. The number of ether oxygens (including phenoxy) is 3. The average molecular weight is 336 g/mol. The lowest BCUT2D eigenvalue weighted by atomic mass is 10.6. The average Bonchev–Trinajstić information content (AvgIpc) is 2.20. The van der Waals surface area contributed by atoms with Crippen molar-refractivity contribution >= 4 is 31.9 Å². The molecule has 0 saturated carbocycles. The van der Waals surface area contributed by atoms with Gasteiger partial charge in [-0.3, -0.25) is 0 Å². The smallest absolute Gasteiger partial charge is 0.178 e. The van der Waals surface area contributed by atoms with E-state index in [1.807, 2.05) is 0 Å². The van der Waals surface area contributed by atoms with Crippen LogP contribution in [0.4, 0.5) is 0 Å². The maximum Gasteiger partial charge on any atom is 0.178 e. The van der Waals surface area contributed by atoms with Crippen molar-refractivity contribution in [3.63, 3.8) is 0 Å². The van der Waals surface area contributed by atoms with Gasteiger partial charge >= 0.3 is 0 Å². The molecule has 0 spiro atoms. The van der Waals surface area contributed by atoms with E-state index in [0.29, 0.717) is 31.8 Å². The van der Waals surface area contributed by atoms with Crippen LogP contribution in [0.3, 0.4) is 0 Å². The van der Waals surface area contributed by atoms with E-state index in [1.54, 1.807) is 0 Å². The van der Waals surface area contributed by atoms with Gasteiger partial charge in [-0.15, -0.1) is 0 Å². The zero-order valence-electron chi connectivity index (χ0n) is 7.95. The van der Waals surface area contributed by atoms with Gasteiger partial charge in [-0.05, 0) is 0 Å². The molecule has 14 heavy (non-hydrogen) atoms. The first-order chi connectivity index (χ1) is 6.81. The van der Waals surface area contributed by atoms with Crippen molar-refractivity contribution in [3.05, 3.63) is 0 Å². The van der Waals surface area contributed by atoms with E-state index in [-0.39, 0.29) is 6.61 Å². The van der Waals surface area contributed by atoms with Crippen LogP contribution in [-0.2, 0) is 14.2 Å². The largest absolute Gasteiger partial charge is 0.378 e. The fraction of sp³-hybridized carbons (Fsp3) is 1.00. The highest BCUT2D eigenvalue weighted by Gasteiger charge is 2.02. The van der Waals surface area contributed by atoms with Gasteiger partial charge in [0.2, 0.25) is 0 Å². The molecular weight excluding hydrogens is 320 g/mol. The Labute approximate surface area is 101 Å². The van der Waals surface area contributed by atoms with Gasteiger partial charge < -0.3 is 19.3 Å². The molecule has 1 unspecified atom stereocenters. The summed E-state index contributed by atoms with van der Waals surface area (Å²) in [4.78, 5) is 0. The minimum atomic E-state index is -0.844. The molecule has 0 aromatic carbocycles. The second kappa shape index (κ2) is 11.9. The first-order valence-corrected chi connectivity index (χ1v) is 6.62. The van der Waals surface area contributed by atoms with Crippen LogP contribution in [0.2, 0.25) is 0 Å². The van der Waals surface area contributed by atoms with E-state index in [9.17, 15) is 0 Å². The van der Waals surface area contributed by atoms with Crippen LogP contribution >= 0.6 is 31.9 Å². The first kappa shape index (κ1) is 14.8. The minimum Gasteiger partial charge on any atom is -0.378 e. The Morgan fingerprint density at radius 3 is 2.21 bits per heavy atom. The van der Waals surface area contributed by atoms with E-state index in [1.165, 1.54) is 0 Å². The quantitative estimate of drug-likeness (QED) is 0.369. The van der Waals surface area contributed by atoms with Crippen LogP contribution in [0.15, 0.2) is 0 Å². The molecule has 0 aromatic heterocycles. The molecule has 0 aliphatic heterocycles. The van der Waals surface area contributed by atoms with Crippen molar-refractivity contribution < 1.29 is 19.3 Å². The second-order valence-corrected chi connectivity index (χ2v) is 3.98. The van der Waals surface area contributed by atoms with Gasteiger partial charge in [-0.25, -0.2) is 0 Å². The Hall–Kier alpha value is 0.800. The van der Waals surface area contributed by atoms with Gasteiger partial charge in [0.15, 0.2) is 6.29 Å². The summed E-state index contributed by atoms with van der Waals surface area (Å²) in [6.45, 7) is 2.35. The van der Waals surface area contributed by atoms with E-state index in [4.69, 9.17) is 19.3 Å². The first-order valence-electron chi connectivity index (χ1n) is 4.38. The Morgan fingerprint density at radius 2 is 1.57 bits per heavy atom. The Balaban J connectivity index is 3.02. The van der Waals surface area contributed by atoms with Crippen molar-refractivity contribution in [1.29, 1.82) is 0 Å². The molecular formula is C8H16Br2O4.